The van der Waals surface area contributed by atoms with Gasteiger partial charge in [-0.05, 0) is 31.0 Å². The molecule has 0 atom stereocenters. The van der Waals surface area contributed by atoms with E-state index in [9.17, 15) is 23.2 Å². The van der Waals surface area contributed by atoms with Crippen LogP contribution < -0.4 is 16.0 Å². The van der Waals surface area contributed by atoms with Crippen molar-refractivity contribution >= 4 is 34.6 Å². The first-order chi connectivity index (χ1) is 14.2. The molecule has 30 heavy (non-hydrogen) atoms. The first-order valence-corrected chi connectivity index (χ1v) is 8.78. The van der Waals surface area contributed by atoms with Crippen LogP contribution in [0.15, 0.2) is 30.5 Å². The third-order valence-corrected chi connectivity index (χ3v) is 4.36. The highest BCUT2D eigenvalue weighted by molar-refractivity contribution is 5.86. The Hall–Kier alpha value is -4.01. The van der Waals surface area contributed by atoms with E-state index in [-0.39, 0.29) is 23.2 Å². The number of aromatic nitrogens is 3. The van der Waals surface area contributed by atoms with Gasteiger partial charge in [0.1, 0.15) is 6.07 Å². The Bertz CT molecular complexity index is 1180. The molecule has 0 spiro atoms. The van der Waals surface area contributed by atoms with Crippen LogP contribution in [-0.2, 0) is 6.18 Å². The zero-order valence-corrected chi connectivity index (χ0v) is 15.2. The van der Waals surface area contributed by atoms with E-state index in [0.717, 1.165) is 31.0 Å². The van der Waals surface area contributed by atoms with Crippen molar-refractivity contribution in [1.29, 1.82) is 5.26 Å². The number of carbonyl (C=O) groups is 1. The lowest BCUT2D eigenvalue weighted by molar-refractivity contribution is -0.136. The van der Waals surface area contributed by atoms with Crippen LogP contribution in [0.1, 0.15) is 24.1 Å². The molecule has 154 valence electrons. The number of anilines is 4. The van der Waals surface area contributed by atoms with Gasteiger partial charge in [0.2, 0.25) is 0 Å². The molecule has 4 N–H and O–H groups in total. The molecule has 12 heteroatoms. The number of benzene rings is 1. The summed E-state index contributed by atoms with van der Waals surface area (Å²) in [4.78, 5) is 15.1. The SMILES string of the molecule is N#Cc1cnc2c(NC3CC3)cc(Nc3ccc(C(F)(F)F)c(NC(=O)O)c3)nn12. The number of carboxylic acid groups (broad SMARTS) is 1. The van der Waals surface area contributed by atoms with Crippen LogP contribution in [0.25, 0.3) is 5.65 Å². The Kier molecular flexibility index (Phi) is 4.57. The molecule has 4 rings (SSSR count). The molecule has 1 aliphatic rings. The Labute approximate surface area is 167 Å². The summed E-state index contributed by atoms with van der Waals surface area (Å²) in [6, 6.07) is 6.84. The van der Waals surface area contributed by atoms with Gasteiger partial charge in [-0.25, -0.2) is 9.78 Å². The van der Waals surface area contributed by atoms with Gasteiger partial charge in [0.15, 0.2) is 17.2 Å². The second-order valence-corrected chi connectivity index (χ2v) is 6.67. The lowest BCUT2D eigenvalue weighted by Crippen LogP contribution is -2.15. The van der Waals surface area contributed by atoms with E-state index in [1.165, 1.54) is 10.7 Å². The van der Waals surface area contributed by atoms with E-state index in [0.29, 0.717) is 11.3 Å². The number of alkyl halides is 3. The van der Waals surface area contributed by atoms with Crippen LogP contribution >= 0.6 is 0 Å². The molecule has 1 amide bonds. The summed E-state index contributed by atoms with van der Waals surface area (Å²) in [5, 5.41) is 30.3. The van der Waals surface area contributed by atoms with Crippen LogP contribution in [0.4, 0.5) is 40.8 Å². The van der Waals surface area contributed by atoms with Gasteiger partial charge in [-0.3, -0.25) is 5.32 Å². The molecule has 1 saturated carbocycles. The molecule has 0 bridgehead atoms. The maximum Gasteiger partial charge on any atom is 0.418 e. The topological polar surface area (TPSA) is 127 Å². The summed E-state index contributed by atoms with van der Waals surface area (Å²) in [7, 11) is 0. The Morgan fingerprint density at radius 2 is 2.03 bits per heavy atom. The van der Waals surface area contributed by atoms with E-state index in [4.69, 9.17) is 5.11 Å². The number of nitrogens with zero attached hydrogens (tertiary/aromatic N) is 4. The maximum absolute atomic E-state index is 13.1. The number of fused-ring (bicyclic) bond motifs is 1. The van der Waals surface area contributed by atoms with Crippen LogP contribution in [0.5, 0.6) is 0 Å². The lowest BCUT2D eigenvalue weighted by Gasteiger charge is -2.15. The van der Waals surface area contributed by atoms with E-state index in [1.54, 1.807) is 11.4 Å². The van der Waals surface area contributed by atoms with Crippen molar-refractivity contribution in [3.05, 3.63) is 41.7 Å². The van der Waals surface area contributed by atoms with Crippen LogP contribution in [0.3, 0.4) is 0 Å². The fourth-order valence-corrected chi connectivity index (χ4v) is 2.90. The summed E-state index contributed by atoms with van der Waals surface area (Å²) in [6.45, 7) is 0. The van der Waals surface area contributed by atoms with Crippen molar-refractivity contribution in [2.75, 3.05) is 16.0 Å². The van der Waals surface area contributed by atoms with E-state index >= 15 is 0 Å². The molecule has 0 radical (unpaired) electrons. The third kappa shape index (κ3) is 3.90. The van der Waals surface area contributed by atoms with Crippen molar-refractivity contribution in [3.63, 3.8) is 0 Å². The highest BCUT2D eigenvalue weighted by Crippen LogP contribution is 2.37. The third-order valence-electron chi connectivity index (χ3n) is 4.36. The molecule has 1 fully saturated rings. The molecule has 1 aromatic carbocycles. The number of hydrogen-bond donors (Lipinski definition) is 4. The number of hydrogen-bond acceptors (Lipinski definition) is 6. The molecule has 0 unspecified atom stereocenters. The standard InChI is InChI=1S/C18H14F3N7O2/c19-18(20,21)12-4-3-10(5-13(12)26-17(29)30)25-15-6-14(24-9-1-2-9)16-23-8-11(7-22)28(16)27-15/h3-6,8-9,24,26H,1-2H2,(H,25,27)(H,29,30). The van der Waals surface area contributed by atoms with Crippen molar-refractivity contribution in [2.45, 2.75) is 25.1 Å². The average molecular weight is 417 g/mol. The lowest BCUT2D eigenvalue weighted by atomic mass is 10.1. The summed E-state index contributed by atoms with van der Waals surface area (Å²) >= 11 is 0. The molecule has 2 aromatic heterocycles. The fraction of sp³-hybridized carbons (Fsp3) is 0.222. The van der Waals surface area contributed by atoms with Crippen molar-refractivity contribution < 1.29 is 23.1 Å². The van der Waals surface area contributed by atoms with Gasteiger partial charge in [0.25, 0.3) is 0 Å². The van der Waals surface area contributed by atoms with Gasteiger partial charge < -0.3 is 15.7 Å². The van der Waals surface area contributed by atoms with Gasteiger partial charge in [0, 0.05) is 17.8 Å². The normalized spacial score (nSPS) is 13.7. The molecule has 0 saturated heterocycles. The number of imidazole rings is 1. The minimum absolute atomic E-state index is 0.176. The highest BCUT2D eigenvalue weighted by atomic mass is 19.4. The molecular weight excluding hydrogens is 403 g/mol. The van der Waals surface area contributed by atoms with E-state index in [2.05, 4.69) is 20.7 Å². The Balaban J connectivity index is 1.73. The van der Waals surface area contributed by atoms with Gasteiger partial charge >= 0.3 is 12.3 Å². The Morgan fingerprint density at radius 3 is 2.67 bits per heavy atom. The quantitative estimate of drug-likeness (QED) is 0.494. The van der Waals surface area contributed by atoms with Crippen molar-refractivity contribution in [1.82, 2.24) is 14.6 Å². The molecule has 0 aliphatic heterocycles. The first kappa shape index (κ1) is 19.3. The second-order valence-electron chi connectivity index (χ2n) is 6.67. The fourth-order valence-electron chi connectivity index (χ4n) is 2.90. The van der Waals surface area contributed by atoms with Gasteiger partial charge in [-0.15, -0.1) is 5.10 Å². The van der Waals surface area contributed by atoms with Crippen molar-refractivity contribution in [3.8, 4) is 6.07 Å². The zero-order valence-electron chi connectivity index (χ0n) is 15.2. The smallest absolute Gasteiger partial charge is 0.418 e. The average Bonchev–Trinajstić information content (AvgIpc) is 3.37. The number of amides is 1. The molecule has 2 heterocycles. The van der Waals surface area contributed by atoms with Gasteiger partial charge in [-0.2, -0.15) is 22.9 Å². The zero-order chi connectivity index (χ0) is 21.5. The minimum atomic E-state index is -4.73. The summed E-state index contributed by atoms with van der Waals surface area (Å²) in [5.41, 5.74) is -0.297. The van der Waals surface area contributed by atoms with Gasteiger partial charge in [-0.1, -0.05) is 0 Å². The van der Waals surface area contributed by atoms with E-state index < -0.39 is 23.5 Å². The predicted octanol–water partition coefficient (Wildman–Crippen LogP) is 4.03. The molecule has 1 aliphatic carbocycles. The van der Waals surface area contributed by atoms with E-state index in [1.807, 2.05) is 6.07 Å². The maximum atomic E-state index is 13.1. The summed E-state index contributed by atoms with van der Waals surface area (Å²) in [6.07, 6.45) is -2.99. The van der Waals surface area contributed by atoms with Crippen molar-refractivity contribution in [2.24, 2.45) is 0 Å². The highest BCUT2D eigenvalue weighted by Gasteiger charge is 2.34. The second kappa shape index (κ2) is 7.11. The first-order valence-electron chi connectivity index (χ1n) is 8.78. The summed E-state index contributed by atoms with van der Waals surface area (Å²) < 4.78 is 40.8. The number of halogens is 3. The monoisotopic (exact) mass is 417 g/mol. The number of nitriles is 1. The summed E-state index contributed by atoms with van der Waals surface area (Å²) in [5.74, 6) is 0.237. The van der Waals surface area contributed by atoms with Crippen LogP contribution in [-0.4, -0.2) is 31.8 Å². The largest absolute Gasteiger partial charge is 0.465 e. The molecular formula is C18H14F3N7O2. The van der Waals surface area contributed by atoms with Crippen LogP contribution in [0.2, 0.25) is 0 Å². The number of nitrogens with one attached hydrogen (secondary N) is 3. The number of rotatable bonds is 5. The molecule has 9 nitrogen and oxygen atoms in total. The molecule has 3 aromatic rings. The predicted molar refractivity (Wildman–Crippen MR) is 101 cm³/mol. The van der Waals surface area contributed by atoms with Crippen LogP contribution in [0, 0.1) is 11.3 Å². The Morgan fingerprint density at radius 1 is 1.27 bits per heavy atom. The van der Waals surface area contributed by atoms with Gasteiger partial charge in [0.05, 0.1) is 23.1 Å². The minimum Gasteiger partial charge on any atom is -0.465 e.